The Labute approximate surface area is 154 Å². The zero-order valence-electron chi connectivity index (χ0n) is 15.5. The van der Waals surface area contributed by atoms with E-state index in [4.69, 9.17) is 0 Å². The number of hydrogen-bond donors (Lipinski definition) is 3. The summed E-state index contributed by atoms with van der Waals surface area (Å²) in [5.41, 5.74) is 2.62. The van der Waals surface area contributed by atoms with Crippen molar-refractivity contribution in [2.75, 3.05) is 6.54 Å². The van der Waals surface area contributed by atoms with E-state index in [2.05, 4.69) is 10.6 Å². The number of aryl methyl sites for hydroxylation is 2. The van der Waals surface area contributed by atoms with Crippen LogP contribution in [-0.2, 0) is 9.59 Å². The Balaban J connectivity index is 1.90. The van der Waals surface area contributed by atoms with Gasteiger partial charge in [0, 0.05) is 11.6 Å². The molecule has 0 aromatic heterocycles. The van der Waals surface area contributed by atoms with Gasteiger partial charge in [-0.05, 0) is 49.9 Å². The van der Waals surface area contributed by atoms with Crippen LogP contribution in [0.1, 0.15) is 60.0 Å². The van der Waals surface area contributed by atoms with E-state index in [1.54, 1.807) is 12.1 Å². The lowest BCUT2D eigenvalue weighted by molar-refractivity contribution is -0.143. The Bertz CT molecular complexity index is 672. The Morgan fingerprint density at radius 3 is 2.38 bits per heavy atom. The standard InChI is InChI=1S/C20H28N2O4/c1-13-9-10-15(11-14(13)2)19(24)21-12-18(23)22-17-8-6-4-3-5-7-16(17)20(25)26/h9-11,16-17H,3-8,12H2,1-2H3,(H,21,24)(H,22,23)(H,25,26). The van der Waals surface area contributed by atoms with Crippen molar-refractivity contribution < 1.29 is 19.5 Å². The molecule has 2 atom stereocenters. The highest BCUT2D eigenvalue weighted by molar-refractivity contribution is 5.96. The van der Waals surface area contributed by atoms with Crippen molar-refractivity contribution in [2.24, 2.45) is 5.92 Å². The normalized spacial score (nSPS) is 20.5. The molecule has 0 saturated heterocycles. The molecule has 0 bridgehead atoms. The molecule has 1 aliphatic rings. The maximum absolute atomic E-state index is 12.2. The molecular formula is C20H28N2O4. The Hall–Kier alpha value is -2.37. The van der Waals surface area contributed by atoms with Gasteiger partial charge < -0.3 is 15.7 Å². The van der Waals surface area contributed by atoms with Crippen molar-refractivity contribution >= 4 is 17.8 Å². The molecule has 0 spiro atoms. The Morgan fingerprint density at radius 1 is 1.04 bits per heavy atom. The van der Waals surface area contributed by atoms with Crippen LogP contribution in [0.5, 0.6) is 0 Å². The molecule has 26 heavy (non-hydrogen) atoms. The van der Waals surface area contributed by atoms with Gasteiger partial charge in [0.05, 0.1) is 12.5 Å². The number of amides is 2. The smallest absolute Gasteiger partial charge is 0.308 e. The summed E-state index contributed by atoms with van der Waals surface area (Å²) in [5.74, 6) is -2.08. The first kappa shape index (κ1) is 19.9. The van der Waals surface area contributed by atoms with E-state index >= 15 is 0 Å². The third kappa shape index (κ3) is 5.58. The van der Waals surface area contributed by atoms with Crippen LogP contribution in [0.15, 0.2) is 18.2 Å². The molecule has 142 valence electrons. The number of carboxylic acid groups (broad SMARTS) is 1. The van der Waals surface area contributed by atoms with Crippen LogP contribution >= 0.6 is 0 Å². The summed E-state index contributed by atoms with van der Waals surface area (Å²) in [6.07, 6.45) is 5.11. The Kier molecular flexibility index (Phi) is 7.18. The first-order chi connectivity index (χ1) is 12.4. The minimum atomic E-state index is -0.864. The number of nitrogens with one attached hydrogen (secondary N) is 2. The fourth-order valence-electron chi connectivity index (χ4n) is 3.36. The molecule has 2 unspecified atom stereocenters. The summed E-state index contributed by atoms with van der Waals surface area (Å²) in [6, 6.07) is 5.01. The van der Waals surface area contributed by atoms with Crippen LogP contribution in [0.25, 0.3) is 0 Å². The van der Waals surface area contributed by atoms with Gasteiger partial charge in [0.1, 0.15) is 0 Å². The first-order valence-electron chi connectivity index (χ1n) is 9.26. The van der Waals surface area contributed by atoms with Gasteiger partial charge in [0.15, 0.2) is 0 Å². The van der Waals surface area contributed by atoms with Gasteiger partial charge in [0.25, 0.3) is 5.91 Å². The summed E-state index contributed by atoms with van der Waals surface area (Å²) in [7, 11) is 0. The molecule has 0 aliphatic heterocycles. The lowest BCUT2D eigenvalue weighted by Crippen LogP contribution is -2.47. The number of benzene rings is 1. The monoisotopic (exact) mass is 360 g/mol. The van der Waals surface area contributed by atoms with Gasteiger partial charge in [-0.15, -0.1) is 0 Å². The highest BCUT2D eigenvalue weighted by atomic mass is 16.4. The van der Waals surface area contributed by atoms with Crippen molar-refractivity contribution in [3.8, 4) is 0 Å². The second kappa shape index (κ2) is 9.36. The molecular weight excluding hydrogens is 332 g/mol. The fraction of sp³-hybridized carbons (Fsp3) is 0.550. The quantitative estimate of drug-likeness (QED) is 0.752. The Morgan fingerprint density at radius 2 is 1.73 bits per heavy atom. The van der Waals surface area contributed by atoms with Crippen LogP contribution in [0, 0.1) is 19.8 Å². The predicted molar refractivity (Wildman–Crippen MR) is 99.0 cm³/mol. The summed E-state index contributed by atoms with van der Waals surface area (Å²) in [4.78, 5) is 35.9. The lowest BCUT2D eigenvalue weighted by atomic mass is 9.87. The van der Waals surface area contributed by atoms with Crippen LogP contribution < -0.4 is 10.6 Å². The summed E-state index contributed by atoms with van der Waals surface area (Å²) < 4.78 is 0. The topological polar surface area (TPSA) is 95.5 Å². The number of carbonyl (C=O) groups excluding carboxylic acids is 2. The minimum absolute atomic E-state index is 0.158. The van der Waals surface area contributed by atoms with Crippen molar-refractivity contribution in [3.05, 3.63) is 34.9 Å². The molecule has 0 heterocycles. The lowest BCUT2D eigenvalue weighted by Gasteiger charge is -2.27. The maximum atomic E-state index is 12.2. The van der Waals surface area contributed by atoms with Crippen molar-refractivity contribution in [1.29, 1.82) is 0 Å². The molecule has 3 N–H and O–H groups in total. The molecule has 1 saturated carbocycles. The molecule has 1 aromatic carbocycles. The van der Waals surface area contributed by atoms with E-state index in [-0.39, 0.29) is 24.4 Å². The van der Waals surface area contributed by atoms with Crippen molar-refractivity contribution in [3.63, 3.8) is 0 Å². The molecule has 1 aromatic rings. The zero-order chi connectivity index (χ0) is 19.1. The van der Waals surface area contributed by atoms with Crippen molar-refractivity contribution in [1.82, 2.24) is 10.6 Å². The summed E-state index contributed by atoms with van der Waals surface area (Å²) >= 11 is 0. The van der Waals surface area contributed by atoms with E-state index in [1.165, 1.54) is 0 Å². The van der Waals surface area contributed by atoms with Crippen LogP contribution in [0.4, 0.5) is 0 Å². The van der Waals surface area contributed by atoms with Gasteiger partial charge in [-0.25, -0.2) is 0 Å². The maximum Gasteiger partial charge on any atom is 0.308 e. The zero-order valence-corrected chi connectivity index (χ0v) is 15.5. The van der Waals surface area contributed by atoms with E-state index in [0.717, 1.165) is 36.8 Å². The van der Waals surface area contributed by atoms with Crippen molar-refractivity contribution in [2.45, 2.75) is 58.4 Å². The molecule has 1 aliphatic carbocycles. The molecule has 0 radical (unpaired) electrons. The molecule has 2 rings (SSSR count). The third-order valence-electron chi connectivity index (χ3n) is 5.11. The second-order valence-corrected chi connectivity index (χ2v) is 7.09. The largest absolute Gasteiger partial charge is 0.481 e. The van der Waals surface area contributed by atoms with Gasteiger partial charge in [0.2, 0.25) is 5.91 Å². The third-order valence-corrected chi connectivity index (χ3v) is 5.11. The van der Waals surface area contributed by atoms with E-state index in [1.807, 2.05) is 19.9 Å². The summed E-state index contributed by atoms with van der Waals surface area (Å²) in [5, 5.41) is 14.9. The number of carboxylic acids is 1. The van der Waals surface area contributed by atoms with Gasteiger partial charge >= 0.3 is 5.97 Å². The van der Waals surface area contributed by atoms with E-state index in [9.17, 15) is 19.5 Å². The molecule has 2 amide bonds. The SMILES string of the molecule is Cc1ccc(C(=O)NCC(=O)NC2CCCCCCC2C(=O)O)cc1C. The van der Waals surface area contributed by atoms with E-state index in [0.29, 0.717) is 18.4 Å². The highest BCUT2D eigenvalue weighted by Crippen LogP contribution is 2.23. The number of carbonyl (C=O) groups is 3. The second-order valence-electron chi connectivity index (χ2n) is 7.09. The van der Waals surface area contributed by atoms with Crippen LogP contribution in [0.3, 0.4) is 0 Å². The number of aliphatic carboxylic acids is 1. The minimum Gasteiger partial charge on any atom is -0.481 e. The van der Waals surface area contributed by atoms with Gasteiger partial charge in [-0.1, -0.05) is 31.7 Å². The van der Waals surface area contributed by atoms with Gasteiger partial charge in [-0.3, -0.25) is 14.4 Å². The average molecular weight is 360 g/mol. The number of rotatable bonds is 5. The fourth-order valence-corrected chi connectivity index (χ4v) is 3.36. The van der Waals surface area contributed by atoms with Crippen LogP contribution in [-0.4, -0.2) is 35.5 Å². The highest BCUT2D eigenvalue weighted by Gasteiger charge is 2.29. The average Bonchev–Trinajstić information content (AvgIpc) is 2.57. The van der Waals surface area contributed by atoms with E-state index < -0.39 is 11.9 Å². The number of hydrogen-bond acceptors (Lipinski definition) is 3. The first-order valence-corrected chi connectivity index (χ1v) is 9.26. The molecule has 1 fully saturated rings. The van der Waals surface area contributed by atoms with Gasteiger partial charge in [-0.2, -0.15) is 0 Å². The van der Waals surface area contributed by atoms with Crippen LogP contribution in [0.2, 0.25) is 0 Å². The molecule has 6 heteroatoms. The molecule has 6 nitrogen and oxygen atoms in total. The predicted octanol–water partition coefficient (Wildman–Crippen LogP) is 2.57. The summed E-state index contributed by atoms with van der Waals surface area (Å²) in [6.45, 7) is 3.74.